The molecular formula is C32H42N6O6. The van der Waals surface area contributed by atoms with E-state index in [4.69, 9.17) is 17.2 Å². The number of hydrogen-bond acceptors (Lipinski definition) is 7. The average molecular weight is 607 g/mol. The van der Waals surface area contributed by atoms with Crippen molar-refractivity contribution in [2.45, 2.75) is 82.5 Å². The molecule has 0 aliphatic heterocycles. The highest BCUT2D eigenvalue weighted by molar-refractivity contribution is 6.07. The number of aryl methyl sites for hydroxylation is 1. The van der Waals surface area contributed by atoms with Gasteiger partial charge in [0.25, 0.3) is 5.91 Å². The third kappa shape index (κ3) is 9.73. The Morgan fingerprint density at radius 1 is 0.841 bits per heavy atom. The molecular weight excluding hydrogens is 564 g/mol. The molecule has 0 radical (unpaired) electrons. The van der Waals surface area contributed by atoms with Gasteiger partial charge in [-0.3, -0.25) is 33.7 Å². The Labute approximate surface area is 257 Å². The van der Waals surface area contributed by atoms with Gasteiger partial charge in [-0.15, -0.1) is 0 Å². The lowest BCUT2D eigenvalue weighted by molar-refractivity contribution is -0.155. The minimum atomic E-state index is -1.39. The van der Waals surface area contributed by atoms with Gasteiger partial charge in [0.05, 0.1) is 12.0 Å². The second-order valence-electron chi connectivity index (χ2n) is 11.7. The van der Waals surface area contributed by atoms with Crippen molar-refractivity contribution in [3.8, 4) is 0 Å². The first-order valence-electron chi connectivity index (χ1n) is 14.7. The van der Waals surface area contributed by atoms with E-state index in [2.05, 4.69) is 10.6 Å². The molecule has 8 N–H and O–H groups in total. The van der Waals surface area contributed by atoms with Crippen molar-refractivity contribution >= 4 is 35.4 Å². The highest BCUT2D eigenvalue weighted by Crippen LogP contribution is 2.35. The molecule has 3 rings (SSSR count). The Morgan fingerprint density at radius 3 is 1.91 bits per heavy atom. The number of nitrogens with one attached hydrogen (secondary N) is 2. The number of primary amides is 2. The fourth-order valence-corrected chi connectivity index (χ4v) is 4.85. The molecule has 3 atom stereocenters. The summed E-state index contributed by atoms with van der Waals surface area (Å²) in [6, 6.07) is 13.9. The van der Waals surface area contributed by atoms with Crippen LogP contribution >= 0.6 is 0 Å². The number of carbonyl (C=O) groups is 6. The molecule has 0 spiro atoms. The maximum atomic E-state index is 14.2. The Hall–Kier alpha value is -4.58. The van der Waals surface area contributed by atoms with Crippen LogP contribution in [-0.4, -0.2) is 64.0 Å². The fourth-order valence-electron chi connectivity index (χ4n) is 4.85. The summed E-state index contributed by atoms with van der Waals surface area (Å²) in [5, 5.41) is 5.15. The minimum absolute atomic E-state index is 0.0370. The highest BCUT2D eigenvalue weighted by atomic mass is 16.2. The van der Waals surface area contributed by atoms with Crippen molar-refractivity contribution in [1.29, 1.82) is 0 Å². The summed E-state index contributed by atoms with van der Waals surface area (Å²) in [7, 11) is 0. The van der Waals surface area contributed by atoms with Gasteiger partial charge in [-0.05, 0) is 42.7 Å². The van der Waals surface area contributed by atoms with E-state index in [1.165, 1.54) is 0 Å². The first-order valence-corrected chi connectivity index (χ1v) is 14.7. The molecule has 0 saturated heterocycles. The zero-order valence-corrected chi connectivity index (χ0v) is 25.2. The van der Waals surface area contributed by atoms with Gasteiger partial charge in [-0.2, -0.15) is 0 Å². The molecule has 12 heteroatoms. The zero-order chi connectivity index (χ0) is 32.4. The van der Waals surface area contributed by atoms with Crippen LogP contribution in [-0.2, 0) is 41.6 Å². The van der Waals surface area contributed by atoms with Gasteiger partial charge < -0.3 is 27.8 Å². The van der Waals surface area contributed by atoms with Crippen molar-refractivity contribution in [2.24, 2.45) is 23.1 Å². The van der Waals surface area contributed by atoms with Crippen LogP contribution in [0.2, 0.25) is 0 Å². The molecule has 236 valence electrons. The van der Waals surface area contributed by atoms with Gasteiger partial charge >= 0.3 is 0 Å². The van der Waals surface area contributed by atoms with E-state index >= 15 is 0 Å². The first-order chi connectivity index (χ1) is 20.8. The third-order valence-corrected chi connectivity index (χ3v) is 7.44. The van der Waals surface area contributed by atoms with E-state index in [-0.39, 0.29) is 25.2 Å². The van der Waals surface area contributed by atoms with Crippen LogP contribution < -0.4 is 27.8 Å². The minimum Gasteiger partial charge on any atom is -0.370 e. The van der Waals surface area contributed by atoms with Crippen molar-refractivity contribution < 1.29 is 28.8 Å². The van der Waals surface area contributed by atoms with E-state index in [1.807, 2.05) is 44.2 Å². The quantitative estimate of drug-likeness (QED) is 0.182. The predicted octanol–water partition coefficient (Wildman–Crippen LogP) is 0.453. The second-order valence-corrected chi connectivity index (χ2v) is 11.7. The number of rotatable bonds is 16. The SMILES string of the molecule is CC(C)C[C@@H](C(N)=O)N(C(=O)[C@H](Cc1ccccc1)NC(=O)[C@H](CC(N)=O)NC(=O)CCc1ccccc1)C(=O)C1(N)CC1. The number of nitrogens with two attached hydrogens (primary N) is 3. The van der Waals surface area contributed by atoms with E-state index < -0.39 is 65.5 Å². The van der Waals surface area contributed by atoms with E-state index in [9.17, 15) is 28.8 Å². The maximum absolute atomic E-state index is 14.2. The molecule has 2 aromatic rings. The molecule has 1 aliphatic carbocycles. The number of imide groups is 1. The van der Waals surface area contributed by atoms with Crippen LogP contribution in [0.3, 0.4) is 0 Å². The summed E-state index contributed by atoms with van der Waals surface area (Å²) in [5.41, 5.74) is 17.5. The van der Waals surface area contributed by atoms with E-state index in [0.29, 0.717) is 24.8 Å². The average Bonchev–Trinajstić information content (AvgIpc) is 3.73. The summed E-state index contributed by atoms with van der Waals surface area (Å²) in [6.07, 6.45) is 0.593. The van der Waals surface area contributed by atoms with Gasteiger partial charge in [0, 0.05) is 12.8 Å². The van der Waals surface area contributed by atoms with Crippen molar-refractivity contribution in [1.82, 2.24) is 15.5 Å². The number of carbonyl (C=O) groups excluding carboxylic acids is 6. The number of amides is 6. The summed E-state index contributed by atoms with van der Waals surface area (Å²) < 4.78 is 0. The van der Waals surface area contributed by atoms with Crippen molar-refractivity contribution in [3.05, 3.63) is 71.8 Å². The number of benzene rings is 2. The smallest absolute Gasteiger partial charge is 0.252 e. The van der Waals surface area contributed by atoms with Crippen molar-refractivity contribution in [2.75, 3.05) is 0 Å². The highest BCUT2D eigenvalue weighted by Gasteiger charge is 2.52. The Bertz CT molecular complexity index is 1350. The standard InChI is InChI=1S/C32H42N6O6/c1-20(2)17-25(28(34)41)38(31(44)32(35)15-16-32)30(43)24(18-22-11-7-4-8-12-22)37-29(42)23(19-26(33)39)36-27(40)14-13-21-9-5-3-6-10-21/h3-12,20,23-25H,13-19,35H2,1-2H3,(H2,33,39)(H2,34,41)(H,36,40)(H,37,42)/t23-,24-,25-/m0/s1. The Kier molecular flexibility index (Phi) is 11.7. The fraction of sp³-hybridized carbons (Fsp3) is 0.438. The molecule has 2 aromatic carbocycles. The largest absolute Gasteiger partial charge is 0.370 e. The lowest BCUT2D eigenvalue weighted by Crippen LogP contribution is -2.63. The molecule has 1 aliphatic rings. The lowest BCUT2D eigenvalue weighted by atomic mass is 9.97. The molecule has 1 fully saturated rings. The molecule has 0 unspecified atom stereocenters. The zero-order valence-electron chi connectivity index (χ0n) is 25.2. The Morgan fingerprint density at radius 2 is 1.41 bits per heavy atom. The monoisotopic (exact) mass is 606 g/mol. The van der Waals surface area contributed by atoms with Crippen LogP contribution in [0, 0.1) is 5.92 Å². The molecule has 1 saturated carbocycles. The number of hydrogen-bond donors (Lipinski definition) is 5. The second kappa shape index (κ2) is 15.2. The van der Waals surface area contributed by atoms with Crippen LogP contribution in [0.25, 0.3) is 0 Å². The van der Waals surface area contributed by atoms with E-state index in [0.717, 1.165) is 10.5 Å². The first kappa shape index (κ1) is 33.9. The van der Waals surface area contributed by atoms with Crippen LogP contribution in [0.5, 0.6) is 0 Å². The normalized spacial score (nSPS) is 15.4. The van der Waals surface area contributed by atoms with Crippen molar-refractivity contribution in [3.63, 3.8) is 0 Å². The molecule has 44 heavy (non-hydrogen) atoms. The van der Waals surface area contributed by atoms with Gasteiger partial charge in [0.2, 0.25) is 29.5 Å². The van der Waals surface area contributed by atoms with Gasteiger partial charge in [-0.1, -0.05) is 74.5 Å². The number of nitrogens with zero attached hydrogens (tertiary/aromatic N) is 1. The third-order valence-electron chi connectivity index (χ3n) is 7.44. The molecule has 0 aromatic heterocycles. The van der Waals surface area contributed by atoms with Gasteiger partial charge in [-0.25, -0.2) is 0 Å². The summed E-state index contributed by atoms with van der Waals surface area (Å²) in [4.78, 5) is 79.4. The van der Waals surface area contributed by atoms with Crippen LogP contribution in [0.1, 0.15) is 57.1 Å². The predicted molar refractivity (Wildman–Crippen MR) is 163 cm³/mol. The molecule has 0 bridgehead atoms. The molecule has 6 amide bonds. The summed E-state index contributed by atoms with van der Waals surface area (Å²) in [5.74, 6) is -4.82. The van der Waals surface area contributed by atoms with Gasteiger partial charge in [0.1, 0.15) is 18.1 Å². The Balaban J connectivity index is 1.90. The lowest BCUT2D eigenvalue weighted by Gasteiger charge is -2.34. The topological polar surface area (TPSA) is 208 Å². The summed E-state index contributed by atoms with van der Waals surface area (Å²) in [6.45, 7) is 3.63. The van der Waals surface area contributed by atoms with Crippen LogP contribution in [0.15, 0.2) is 60.7 Å². The maximum Gasteiger partial charge on any atom is 0.252 e. The molecule has 0 heterocycles. The summed E-state index contributed by atoms with van der Waals surface area (Å²) >= 11 is 0. The van der Waals surface area contributed by atoms with E-state index in [1.54, 1.807) is 30.3 Å². The molecule has 12 nitrogen and oxygen atoms in total. The van der Waals surface area contributed by atoms with Crippen LogP contribution in [0.4, 0.5) is 0 Å². The van der Waals surface area contributed by atoms with Gasteiger partial charge in [0.15, 0.2) is 0 Å².